The highest BCUT2D eigenvalue weighted by Gasteiger charge is 2.20. The SMILES string of the molecule is CCc1ncc2c(n1)CN(c1cc(C)nc(C(C)C)n1)CC2. The van der Waals surface area contributed by atoms with Crippen LogP contribution >= 0.6 is 0 Å². The van der Waals surface area contributed by atoms with Gasteiger partial charge in [-0.2, -0.15) is 0 Å². The fourth-order valence-corrected chi connectivity index (χ4v) is 2.70. The highest BCUT2D eigenvalue weighted by molar-refractivity contribution is 5.43. The number of aryl methyl sites for hydroxylation is 2. The Balaban J connectivity index is 1.91. The van der Waals surface area contributed by atoms with Gasteiger partial charge in [-0.05, 0) is 18.9 Å². The molecule has 1 aliphatic rings. The lowest BCUT2D eigenvalue weighted by Crippen LogP contribution is -2.32. The average Bonchev–Trinajstić information content (AvgIpc) is 2.53. The molecule has 0 unspecified atom stereocenters. The second kappa shape index (κ2) is 5.99. The van der Waals surface area contributed by atoms with E-state index < -0.39 is 0 Å². The van der Waals surface area contributed by atoms with E-state index in [-0.39, 0.29) is 0 Å². The molecule has 0 radical (unpaired) electrons. The summed E-state index contributed by atoms with van der Waals surface area (Å²) in [4.78, 5) is 20.7. The van der Waals surface area contributed by atoms with Gasteiger partial charge in [-0.3, -0.25) is 0 Å². The number of hydrogen-bond acceptors (Lipinski definition) is 5. The highest BCUT2D eigenvalue weighted by Crippen LogP contribution is 2.23. The summed E-state index contributed by atoms with van der Waals surface area (Å²) in [6, 6.07) is 2.07. The summed E-state index contributed by atoms with van der Waals surface area (Å²) in [5.74, 6) is 3.18. The molecule has 2 aromatic rings. The second-order valence-corrected chi connectivity index (χ2v) is 6.16. The van der Waals surface area contributed by atoms with Crippen LogP contribution in [0.2, 0.25) is 0 Å². The van der Waals surface area contributed by atoms with Crippen LogP contribution in [-0.4, -0.2) is 26.5 Å². The Morgan fingerprint density at radius 2 is 2.05 bits per heavy atom. The molecular formula is C17H23N5. The third-order valence-electron chi connectivity index (χ3n) is 4.01. The molecule has 0 amide bonds. The molecule has 0 N–H and O–H groups in total. The maximum Gasteiger partial charge on any atom is 0.133 e. The summed E-state index contributed by atoms with van der Waals surface area (Å²) in [7, 11) is 0. The van der Waals surface area contributed by atoms with E-state index in [2.05, 4.69) is 41.7 Å². The summed E-state index contributed by atoms with van der Waals surface area (Å²) in [5.41, 5.74) is 3.43. The molecule has 0 saturated carbocycles. The Kier molecular flexibility index (Phi) is 4.05. The monoisotopic (exact) mass is 297 g/mol. The number of aromatic nitrogens is 4. The van der Waals surface area contributed by atoms with Crippen LogP contribution in [-0.2, 0) is 19.4 Å². The van der Waals surface area contributed by atoms with E-state index in [1.165, 1.54) is 5.56 Å². The van der Waals surface area contributed by atoms with Crippen LogP contribution in [0.15, 0.2) is 12.3 Å². The first kappa shape index (κ1) is 14.9. The van der Waals surface area contributed by atoms with Crippen molar-refractivity contribution < 1.29 is 0 Å². The maximum atomic E-state index is 4.74. The summed E-state index contributed by atoms with van der Waals surface area (Å²) in [5, 5.41) is 0. The van der Waals surface area contributed by atoms with Gasteiger partial charge in [0.15, 0.2) is 0 Å². The predicted octanol–water partition coefficient (Wildman–Crippen LogP) is 2.82. The molecule has 5 nitrogen and oxygen atoms in total. The number of nitrogens with zero attached hydrogens (tertiary/aromatic N) is 5. The van der Waals surface area contributed by atoms with Gasteiger partial charge in [0.05, 0.1) is 12.2 Å². The molecule has 1 aliphatic heterocycles. The molecule has 3 rings (SSSR count). The van der Waals surface area contributed by atoms with Crippen LogP contribution in [0, 0.1) is 6.92 Å². The quantitative estimate of drug-likeness (QED) is 0.872. The van der Waals surface area contributed by atoms with Gasteiger partial charge in [-0.1, -0.05) is 20.8 Å². The van der Waals surface area contributed by atoms with Gasteiger partial charge in [-0.15, -0.1) is 0 Å². The van der Waals surface area contributed by atoms with Crippen molar-refractivity contribution in [1.29, 1.82) is 0 Å². The second-order valence-electron chi connectivity index (χ2n) is 6.16. The van der Waals surface area contributed by atoms with Crippen molar-refractivity contribution in [1.82, 2.24) is 19.9 Å². The van der Waals surface area contributed by atoms with Crippen LogP contribution in [0.5, 0.6) is 0 Å². The molecule has 5 heteroatoms. The van der Waals surface area contributed by atoms with E-state index in [1.807, 2.05) is 13.1 Å². The molecule has 22 heavy (non-hydrogen) atoms. The van der Waals surface area contributed by atoms with E-state index in [0.29, 0.717) is 5.92 Å². The first-order chi connectivity index (χ1) is 10.6. The van der Waals surface area contributed by atoms with Crippen LogP contribution in [0.1, 0.15) is 55.3 Å². The maximum absolute atomic E-state index is 4.74. The van der Waals surface area contributed by atoms with Gasteiger partial charge in [0.25, 0.3) is 0 Å². The Bertz CT molecular complexity index is 681. The molecule has 0 atom stereocenters. The lowest BCUT2D eigenvalue weighted by Gasteiger charge is -2.29. The lowest BCUT2D eigenvalue weighted by atomic mass is 10.1. The van der Waals surface area contributed by atoms with Crippen LogP contribution in [0.25, 0.3) is 0 Å². The smallest absolute Gasteiger partial charge is 0.133 e. The largest absolute Gasteiger partial charge is 0.350 e. The zero-order valence-electron chi connectivity index (χ0n) is 13.8. The molecule has 0 bridgehead atoms. The minimum atomic E-state index is 0.338. The molecular weight excluding hydrogens is 274 g/mol. The summed E-state index contributed by atoms with van der Waals surface area (Å²) >= 11 is 0. The zero-order chi connectivity index (χ0) is 15.7. The fraction of sp³-hybridized carbons (Fsp3) is 0.529. The van der Waals surface area contributed by atoms with Crippen LogP contribution in [0.4, 0.5) is 5.82 Å². The van der Waals surface area contributed by atoms with Crippen molar-refractivity contribution in [3.63, 3.8) is 0 Å². The summed E-state index contributed by atoms with van der Waals surface area (Å²) < 4.78 is 0. The topological polar surface area (TPSA) is 54.8 Å². The Morgan fingerprint density at radius 1 is 1.23 bits per heavy atom. The molecule has 0 spiro atoms. The van der Waals surface area contributed by atoms with Gasteiger partial charge in [0.2, 0.25) is 0 Å². The molecule has 0 aromatic carbocycles. The minimum absolute atomic E-state index is 0.338. The van der Waals surface area contributed by atoms with E-state index in [9.17, 15) is 0 Å². The van der Waals surface area contributed by atoms with E-state index in [0.717, 1.165) is 54.8 Å². The third kappa shape index (κ3) is 2.93. The van der Waals surface area contributed by atoms with E-state index in [1.54, 1.807) is 0 Å². The zero-order valence-corrected chi connectivity index (χ0v) is 13.8. The molecule has 0 fully saturated rings. The Labute approximate surface area is 131 Å². The van der Waals surface area contributed by atoms with Gasteiger partial charge < -0.3 is 4.90 Å². The van der Waals surface area contributed by atoms with Gasteiger partial charge in [0.1, 0.15) is 17.5 Å². The lowest BCUT2D eigenvalue weighted by molar-refractivity contribution is 0.673. The fourth-order valence-electron chi connectivity index (χ4n) is 2.70. The third-order valence-corrected chi connectivity index (χ3v) is 4.01. The van der Waals surface area contributed by atoms with Crippen molar-refractivity contribution in [2.24, 2.45) is 0 Å². The Morgan fingerprint density at radius 3 is 2.77 bits per heavy atom. The molecule has 116 valence electrons. The molecule has 0 aliphatic carbocycles. The Hall–Kier alpha value is -2.04. The number of hydrogen-bond donors (Lipinski definition) is 0. The highest BCUT2D eigenvalue weighted by atomic mass is 15.2. The summed E-state index contributed by atoms with van der Waals surface area (Å²) in [6.45, 7) is 10.1. The van der Waals surface area contributed by atoms with Crippen molar-refractivity contribution in [2.45, 2.75) is 53.0 Å². The van der Waals surface area contributed by atoms with Gasteiger partial charge >= 0.3 is 0 Å². The first-order valence-corrected chi connectivity index (χ1v) is 8.01. The van der Waals surface area contributed by atoms with Crippen molar-refractivity contribution in [2.75, 3.05) is 11.4 Å². The standard InChI is InChI=1S/C17H23N5/c1-5-15-18-9-13-6-7-22(10-14(13)20-15)16-8-12(4)19-17(21-16)11(2)3/h8-9,11H,5-7,10H2,1-4H3. The summed E-state index contributed by atoms with van der Waals surface area (Å²) in [6.07, 6.45) is 3.83. The van der Waals surface area contributed by atoms with Crippen LogP contribution < -0.4 is 4.90 Å². The molecule has 0 saturated heterocycles. The number of fused-ring (bicyclic) bond motifs is 1. The van der Waals surface area contributed by atoms with Gasteiger partial charge in [0, 0.05) is 36.8 Å². The number of rotatable bonds is 3. The van der Waals surface area contributed by atoms with Crippen molar-refractivity contribution in [3.05, 3.63) is 40.9 Å². The van der Waals surface area contributed by atoms with Crippen molar-refractivity contribution in [3.8, 4) is 0 Å². The number of anilines is 1. The molecule has 2 aromatic heterocycles. The van der Waals surface area contributed by atoms with Gasteiger partial charge in [-0.25, -0.2) is 19.9 Å². The normalized spacial score (nSPS) is 14.3. The minimum Gasteiger partial charge on any atom is -0.350 e. The average molecular weight is 297 g/mol. The predicted molar refractivity (Wildman–Crippen MR) is 87.0 cm³/mol. The van der Waals surface area contributed by atoms with Crippen molar-refractivity contribution >= 4 is 5.82 Å². The molecule has 3 heterocycles. The van der Waals surface area contributed by atoms with E-state index >= 15 is 0 Å². The van der Waals surface area contributed by atoms with Crippen LogP contribution in [0.3, 0.4) is 0 Å². The van der Waals surface area contributed by atoms with E-state index in [4.69, 9.17) is 9.97 Å². The first-order valence-electron chi connectivity index (χ1n) is 8.01.